The van der Waals surface area contributed by atoms with E-state index in [1.165, 1.54) is 7.11 Å². The van der Waals surface area contributed by atoms with E-state index in [1.54, 1.807) is 43.3 Å². The largest absolute Gasteiger partial charge is 0.454 e. The van der Waals surface area contributed by atoms with Crippen molar-refractivity contribution in [3.05, 3.63) is 121 Å². The number of aliphatic hydroxyl groups excluding tert-OH is 1. The number of carbonyl (C=O) groups is 4. The second-order valence-corrected chi connectivity index (χ2v) is 12.8. The molecular weight excluding hydrogens is 662 g/mol. The number of fused-ring (bicyclic) bond motifs is 3. The van der Waals surface area contributed by atoms with Crippen LogP contribution in [0.2, 0.25) is 0 Å². The Hall–Kier alpha value is -5.26. The van der Waals surface area contributed by atoms with Crippen molar-refractivity contribution in [1.82, 2.24) is 16.0 Å². The number of aliphatic hydroxyl groups is 1. The number of nitrogens with one attached hydrogen (secondary N) is 3. The molecule has 3 aromatic carbocycles. The fourth-order valence-corrected chi connectivity index (χ4v) is 6.32. The maximum absolute atomic E-state index is 13.9. The van der Waals surface area contributed by atoms with Crippen molar-refractivity contribution < 1.29 is 38.5 Å². The zero-order valence-electron chi connectivity index (χ0n) is 29.8. The van der Waals surface area contributed by atoms with Crippen molar-refractivity contribution in [2.24, 2.45) is 5.92 Å². The van der Waals surface area contributed by atoms with E-state index in [4.69, 9.17) is 14.2 Å². The zero-order chi connectivity index (χ0) is 37.5. The number of carbonyl (C=O) groups excluding carboxylic acids is 4. The van der Waals surface area contributed by atoms with Crippen molar-refractivity contribution in [2.75, 3.05) is 26.9 Å². The topological polar surface area (TPSA) is 152 Å². The highest BCUT2D eigenvalue weighted by atomic mass is 16.6. The molecule has 0 aromatic heterocycles. The molecule has 5 atom stereocenters. The van der Waals surface area contributed by atoms with Gasteiger partial charge in [-0.05, 0) is 54.0 Å². The van der Waals surface area contributed by atoms with Crippen LogP contribution >= 0.6 is 0 Å². The van der Waals surface area contributed by atoms with Gasteiger partial charge in [0.2, 0.25) is 11.8 Å². The van der Waals surface area contributed by atoms with Crippen LogP contribution in [-0.2, 0) is 28.6 Å². The molecule has 1 aliphatic rings. The summed E-state index contributed by atoms with van der Waals surface area (Å²) in [6.07, 6.45) is 2.04. The van der Waals surface area contributed by atoms with Crippen LogP contribution in [0, 0.1) is 5.92 Å². The van der Waals surface area contributed by atoms with E-state index >= 15 is 0 Å². The Morgan fingerprint density at radius 1 is 0.865 bits per heavy atom. The minimum Gasteiger partial charge on any atom is -0.454 e. The predicted octanol–water partition coefficient (Wildman–Crippen LogP) is 5.36. The number of hydrogen-bond acceptors (Lipinski definition) is 8. The first-order chi connectivity index (χ1) is 25.2. The van der Waals surface area contributed by atoms with Crippen molar-refractivity contribution in [3.63, 3.8) is 0 Å². The van der Waals surface area contributed by atoms with Crippen molar-refractivity contribution >= 4 is 23.9 Å². The van der Waals surface area contributed by atoms with Gasteiger partial charge in [0.05, 0.1) is 25.2 Å². The molecule has 1 aliphatic carbocycles. The second-order valence-electron chi connectivity index (χ2n) is 12.8. The van der Waals surface area contributed by atoms with Gasteiger partial charge in [-0.2, -0.15) is 0 Å². The molecule has 0 spiro atoms. The van der Waals surface area contributed by atoms with Crippen LogP contribution < -0.4 is 16.0 Å². The first kappa shape index (κ1) is 39.5. The summed E-state index contributed by atoms with van der Waals surface area (Å²) in [7, 11) is 1.46. The molecule has 0 radical (unpaired) electrons. The van der Waals surface area contributed by atoms with E-state index in [1.807, 2.05) is 54.6 Å². The normalized spacial score (nSPS) is 14.7. The van der Waals surface area contributed by atoms with Crippen LogP contribution in [0.5, 0.6) is 0 Å². The quantitative estimate of drug-likeness (QED) is 0.0904. The molecule has 3 aromatic rings. The number of benzene rings is 3. The smallest absolute Gasteiger partial charge is 0.407 e. The summed E-state index contributed by atoms with van der Waals surface area (Å²) in [5.41, 5.74) is 4.90. The SMILES string of the molecule is C=CCC[C@H](NC(=O)OCC1c2ccccc2-c2ccccc21)C(=O)O[C@@H](c1ccccc1)[C@H](COC)NC(=O)[C@H](CC=C)CC(=O)N[C@@H](C)CO. The standard InChI is InChI=1S/C41H49N3O8/c1-5-7-22-35(44-41(49)51-25-34-32-20-13-11-18-30(32)31-19-12-14-21-33(31)34)40(48)52-38(28-16-9-8-10-17-28)36(26-50-4)43-39(47)29(15-6-2)23-37(46)42-27(3)24-45/h5-6,8-14,16-21,27,29,34-36,38,45H,1-2,7,15,22-26H2,3-4H3,(H,42,46)(H,43,47)(H,44,49)/t27-,29+,35-,36-,38-/m0/s1. The average molecular weight is 712 g/mol. The summed E-state index contributed by atoms with van der Waals surface area (Å²) in [6, 6.07) is 22.5. The Labute approximate surface area is 305 Å². The lowest BCUT2D eigenvalue weighted by Crippen LogP contribution is -2.49. The molecule has 0 fully saturated rings. The van der Waals surface area contributed by atoms with E-state index in [0.717, 1.165) is 22.3 Å². The van der Waals surface area contributed by atoms with E-state index in [0.29, 0.717) is 12.0 Å². The summed E-state index contributed by atoms with van der Waals surface area (Å²) in [5, 5.41) is 17.6. The Morgan fingerprint density at radius 3 is 2.10 bits per heavy atom. The maximum Gasteiger partial charge on any atom is 0.407 e. The van der Waals surface area contributed by atoms with Gasteiger partial charge in [-0.1, -0.05) is 91.0 Å². The van der Waals surface area contributed by atoms with Crippen LogP contribution in [0.15, 0.2) is 104 Å². The molecule has 0 unspecified atom stereocenters. The molecule has 52 heavy (non-hydrogen) atoms. The lowest BCUT2D eigenvalue weighted by molar-refractivity contribution is -0.155. The molecule has 11 heteroatoms. The monoisotopic (exact) mass is 711 g/mol. The van der Waals surface area contributed by atoms with Crippen molar-refractivity contribution in [2.45, 2.75) is 62.8 Å². The Balaban J connectivity index is 1.50. The minimum atomic E-state index is -1.09. The average Bonchev–Trinajstić information content (AvgIpc) is 3.47. The third kappa shape index (κ3) is 10.6. The van der Waals surface area contributed by atoms with E-state index in [-0.39, 0.29) is 45.0 Å². The number of allylic oxidation sites excluding steroid dienone is 2. The number of amides is 3. The lowest BCUT2D eigenvalue weighted by Gasteiger charge is -2.30. The predicted molar refractivity (Wildman–Crippen MR) is 198 cm³/mol. The third-order valence-corrected chi connectivity index (χ3v) is 8.93. The van der Waals surface area contributed by atoms with Gasteiger partial charge in [-0.25, -0.2) is 9.59 Å². The zero-order valence-corrected chi connectivity index (χ0v) is 29.8. The highest BCUT2D eigenvalue weighted by molar-refractivity contribution is 5.86. The summed E-state index contributed by atoms with van der Waals surface area (Å²) >= 11 is 0. The molecule has 0 saturated heterocycles. The minimum absolute atomic E-state index is 0.0374. The Bertz CT molecular complexity index is 1630. The molecule has 0 heterocycles. The van der Waals surface area contributed by atoms with Crippen LogP contribution in [-0.4, -0.2) is 74.0 Å². The number of rotatable bonds is 20. The summed E-state index contributed by atoms with van der Waals surface area (Å²) < 4.78 is 17.3. The fraction of sp³-hybridized carbons (Fsp3) is 0.366. The van der Waals surface area contributed by atoms with Gasteiger partial charge in [-0.3, -0.25) is 9.59 Å². The molecule has 276 valence electrons. The molecule has 11 nitrogen and oxygen atoms in total. The van der Waals surface area contributed by atoms with Gasteiger partial charge >= 0.3 is 12.1 Å². The van der Waals surface area contributed by atoms with Crippen LogP contribution in [0.1, 0.15) is 61.3 Å². The molecule has 0 saturated carbocycles. The van der Waals surface area contributed by atoms with E-state index in [2.05, 4.69) is 29.1 Å². The van der Waals surface area contributed by atoms with Crippen LogP contribution in [0.25, 0.3) is 11.1 Å². The molecule has 4 N–H and O–H groups in total. The summed E-state index contributed by atoms with van der Waals surface area (Å²) in [6.45, 7) is 8.93. The molecule has 0 bridgehead atoms. The van der Waals surface area contributed by atoms with Gasteiger partial charge in [0.1, 0.15) is 18.8 Å². The number of esters is 1. The van der Waals surface area contributed by atoms with Crippen LogP contribution in [0.3, 0.4) is 0 Å². The second kappa shape index (κ2) is 20.0. The summed E-state index contributed by atoms with van der Waals surface area (Å²) in [5.74, 6) is -2.55. The molecule has 3 amide bonds. The van der Waals surface area contributed by atoms with Gasteiger partial charge in [0.25, 0.3) is 0 Å². The Morgan fingerprint density at radius 2 is 1.50 bits per heavy atom. The number of methoxy groups -OCH3 is 1. The van der Waals surface area contributed by atoms with Gasteiger partial charge in [0, 0.05) is 25.5 Å². The molecular formula is C41H49N3O8. The fourth-order valence-electron chi connectivity index (χ4n) is 6.32. The van der Waals surface area contributed by atoms with Gasteiger partial charge in [0.15, 0.2) is 0 Å². The van der Waals surface area contributed by atoms with E-state index < -0.39 is 54.0 Å². The van der Waals surface area contributed by atoms with Crippen molar-refractivity contribution in [3.8, 4) is 11.1 Å². The lowest BCUT2D eigenvalue weighted by atomic mass is 9.97. The molecule has 0 aliphatic heterocycles. The van der Waals surface area contributed by atoms with Crippen LogP contribution in [0.4, 0.5) is 4.79 Å². The highest BCUT2D eigenvalue weighted by Crippen LogP contribution is 2.44. The highest BCUT2D eigenvalue weighted by Gasteiger charge is 2.35. The van der Waals surface area contributed by atoms with Gasteiger partial charge in [-0.15, -0.1) is 13.2 Å². The Kier molecular flexibility index (Phi) is 15.2. The maximum atomic E-state index is 13.9. The number of ether oxygens (including phenoxy) is 3. The third-order valence-electron chi connectivity index (χ3n) is 8.93. The molecule has 4 rings (SSSR count). The first-order valence-corrected chi connectivity index (χ1v) is 17.5. The number of hydrogen-bond donors (Lipinski definition) is 4. The van der Waals surface area contributed by atoms with E-state index in [9.17, 15) is 24.3 Å². The summed E-state index contributed by atoms with van der Waals surface area (Å²) in [4.78, 5) is 53.4. The van der Waals surface area contributed by atoms with Crippen molar-refractivity contribution in [1.29, 1.82) is 0 Å². The van der Waals surface area contributed by atoms with Gasteiger partial charge < -0.3 is 35.3 Å². The number of alkyl carbamates (subject to hydrolysis) is 1. The first-order valence-electron chi connectivity index (χ1n) is 17.5.